The van der Waals surface area contributed by atoms with Crippen molar-refractivity contribution in [3.8, 4) is 0 Å². The molecule has 0 saturated carbocycles. The van der Waals surface area contributed by atoms with E-state index in [1.165, 1.54) is 17.4 Å². The molecule has 4 heteroatoms. The van der Waals surface area contributed by atoms with Crippen molar-refractivity contribution >= 4 is 40.1 Å². The molecule has 0 amide bonds. The van der Waals surface area contributed by atoms with E-state index in [9.17, 15) is 0 Å². The van der Waals surface area contributed by atoms with Crippen molar-refractivity contribution in [2.24, 2.45) is 0 Å². The number of nitrogens with zero attached hydrogens (tertiary/aromatic N) is 2. The maximum Gasteiger partial charge on any atom is 0.129 e. The molecule has 1 aliphatic rings. The molecule has 1 fully saturated rings. The molecule has 0 bridgehead atoms. The van der Waals surface area contributed by atoms with Gasteiger partial charge in [0.2, 0.25) is 0 Å². The van der Waals surface area contributed by atoms with Crippen LogP contribution >= 0.6 is 23.4 Å². The van der Waals surface area contributed by atoms with E-state index >= 15 is 0 Å². The van der Waals surface area contributed by atoms with E-state index in [1.54, 1.807) is 0 Å². The number of para-hydroxylation sites is 1. The van der Waals surface area contributed by atoms with Gasteiger partial charge in [0.25, 0.3) is 0 Å². The number of hydrogen-bond donors (Lipinski definition) is 0. The Bertz CT molecular complexity index is 642. The van der Waals surface area contributed by atoms with Gasteiger partial charge < -0.3 is 4.90 Å². The van der Waals surface area contributed by atoms with E-state index in [0.29, 0.717) is 10.6 Å². The van der Waals surface area contributed by atoms with E-state index in [-0.39, 0.29) is 0 Å². The standard InChI is InChI=1S/C17H21ClN2S/c1-17(2)7-8-20(9-10-21-17)16-11-13(12-18)14-5-3-4-6-15(14)19-16/h3-6,11H,7-10,12H2,1-2H3. The second kappa shape index (κ2) is 6.05. The molecule has 1 saturated heterocycles. The number of thioether (sulfide) groups is 1. The van der Waals surface area contributed by atoms with Gasteiger partial charge in [-0.25, -0.2) is 4.98 Å². The first-order chi connectivity index (χ1) is 10.1. The van der Waals surface area contributed by atoms with E-state index in [2.05, 4.69) is 48.7 Å². The second-order valence-corrected chi connectivity index (χ2v) is 8.20. The van der Waals surface area contributed by atoms with E-state index < -0.39 is 0 Å². The lowest BCUT2D eigenvalue weighted by atomic mass is 10.1. The fourth-order valence-corrected chi connectivity index (χ4v) is 4.07. The van der Waals surface area contributed by atoms with Crippen LogP contribution in [0.15, 0.2) is 30.3 Å². The van der Waals surface area contributed by atoms with Gasteiger partial charge in [0, 0.05) is 34.9 Å². The molecule has 0 aliphatic carbocycles. The van der Waals surface area contributed by atoms with Crippen LogP contribution in [0.2, 0.25) is 0 Å². The fraction of sp³-hybridized carbons (Fsp3) is 0.471. The minimum Gasteiger partial charge on any atom is -0.356 e. The van der Waals surface area contributed by atoms with Crippen molar-refractivity contribution in [1.82, 2.24) is 4.98 Å². The molecule has 0 radical (unpaired) electrons. The number of rotatable bonds is 2. The molecule has 0 N–H and O–H groups in total. The summed E-state index contributed by atoms with van der Waals surface area (Å²) in [6, 6.07) is 10.4. The number of halogens is 1. The molecule has 0 spiro atoms. The van der Waals surface area contributed by atoms with Crippen LogP contribution in [0.25, 0.3) is 10.9 Å². The van der Waals surface area contributed by atoms with Gasteiger partial charge in [-0.3, -0.25) is 0 Å². The Hall–Kier alpha value is -0.930. The zero-order chi connectivity index (χ0) is 14.9. The van der Waals surface area contributed by atoms with E-state index in [1.807, 2.05) is 12.1 Å². The smallest absolute Gasteiger partial charge is 0.129 e. The Kier molecular flexibility index (Phi) is 4.32. The molecule has 0 unspecified atom stereocenters. The van der Waals surface area contributed by atoms with Crippen molar-refractivity contribution in [2.75, 3.05) is 23.7 Å². The van der Waals surface area contributed by atoms with Gasteiger partial charge in [-0.05, 0) is 24.1 Å². The molecule has 1 aliphatic heterocycles. The number of anilines is 1. The average molecular weight is 321 g/mol. The molecule has 112 valence electrons. The van der Waals surface area contributed by atoms with Crippen LogP contribution in [0.5, 0.6) is 0 Å². The lowest BCUT2D eigenvalue weighted by Crippen LogP contribution is -2.27. The van der Waals surface area contributed by atoms with Crippen LogP contribution in [0.1, 0.15) is 25.8 Å². The summed E-state index contributed by atoms with van der Waals surface area (Å²) in [5.41, 5.74) is 2.22. The number of hydrogen-bond acceptors (Lipinski definition) is 3. The summed E-state index contributed by atoms with van der Waals surface area (Å²) in [4.78, 5) is 7.26. The Morgan fingerprint density at radius 3 is 2.90 bits per heavy atom. The molecular weight excluding hydrogens is 300 g/mol. The zero-order valence-electron chi connectivity index (χ0n) is 12.6. The molecule has 1 aromatic heterocycles. The lowest BCUT2D eigenvalue weighted by Gasteiger charge is -2.24. The number of alkyl halides is 1. The summed E-state index contributed by atoms with van der Waals surface area (Å²) in [5.74, 6) is 2.75. The molecule has 2 nitrogen and oxygen atoms in total. The summed E-state index contributed by atoms with van der Waals surface area (Å²) in [6.07, 6.45) is 1.18. The number of benzene rings is 1. The Morgan fingerprint density at radius 2 is 2.10 bits per heavy atom. The third kappa shape index (κ3) is 3.29. The van der Waals surface area contributed by atoms with Crippen LogP contribution in [-0.4, -0.2) is 28.6 Å². The highest BCUT2D eigenvalue weighted by Crippen LogP contribution is 2.33. The van der Waals surface area contributed by atoms with E-state index in [4.69, 9.17) is 16.6 Å². The third-order valence-electron chi connectivity index (χ3n) is 4.09. The maximum absolute atomic E-state index is 6.14. The minimum atomic E-state index is 0.362. The van der Waals surface area contributed by atoms with Crippen LogP contribution in [0.4, 0.5) is 5.82 Å². The molecule has 1 aromatic carbocycles. The molecular formula is C17H21ClN2S. The number of aromatic nitrogens is 1. The first-order valence-electron chi connectivity index (χ1n) is 7.43. The summed E-state index contributed by atoms with van der Waals surface area (Å²) in [5, 5.41) is 1.17. The minimum absolute atomic E-state index is 0.362. The van der Waals surface area contributed by atoms with Crippen molar-refractivity contribution < 1.29 is 0 Å². The molecule has 21 heavy (non-hydrogen) atoms. The summed E-state index contributed by atoms with van der Waals surface area (Å²) in [7, 11) is 0. The first kappa shape index (κ1) is 15.0. The Morgan fingerprint density at radius 1 is 1.29 bits per heavy atom. The summed E-state index contributed by atoms with van der Waals surface area (Å²) >= 11 is 8.20. The van der Waals surface area contributed by atoms with Gasteiger partial charge in [-0.1, -0.05) is 32.0 Å². The number of pyridine rings is 1. The van der Waals surface area contributed by atoms with Crippen LogP contribution in [0, 0.1) is 0 Å². The topological polar surface area (TPSA) is 16.1 Å². The molecule has 2 aromatic rings. The number of fused-ring (bicyclic) bond motifs is 1. The monoisotopic (exact) mass is 320 g/mol. The molecule has 2 heterocycles. The summed E-state index contributed by atoms with van der Waals surface area (Å²) < 4.78 is 0.362. The van der Waals surface area contributed by atoms with Crippen molar-refractivity contribution in [3.05, 3.63) is 35.9 Å². The van der Waals surface area contributed by atoms with Gasteiger partial charge in [0.1, 0.15) is 5.82 Å². The Balaban J connectivity index is 1.96. The quantitative estimate of drug-likeness (QED) is 0.746. The summed E-state index contributed by atoms with van der Waals surface area (Å²) in [6.45, 7) is 6.78. The Labute approximate surface area is 135 Å². The van der Waals surface area contributed by atoms with Gasteiger partial charge in [0.05, 0.1) is 5.52 Å². The SMILES string of the molecule is CC1(C)CCN(c2cc(CCl)c3ccccc3n2)CCS1. The third-order valence-corrected chi connectivity index (χ3v) is 5.75. The highest BCUT2D eigenvalue weighted by Gasteiger charge is 2.24. The first-order valence-corrected chi connectivity index (χ1v) is 8.95. The van der Waals surface area contributed by atoms with Crippen molar-refractivity contribution in [3.63, 3.8) is 0 Å². The molecule has 3 rings (SSSR count). The molecule has 0 atom stereocenters. The van der Waals surface area contributed by atoms with Crippen LogP contribution < -0.4 is 4.90 Å². The van der Waals surface area contributed by atoms with Crippen molar-refractivity contribution in [2.45, 2.75) is 30.9 Å². The zero-order valence-corrected chi connectivity index (χ0v) is 14.2. The van der Waals surface area contributed by atoms with Crippen LogP contribution in [-0.2, 0) is 5.88 Å². The van der Waals surface area contributed by atoms with Gasteiger partial charge in [0.15, 0.2) is 0 Å². The van der Waals surface area contributed by atoms with Gasteiger partial charge >= 0.3 is 0 Å². The van der Waals surface area contributed by atoms with E-state index in [0.717, 1.165) is 30.2 Å². The normalized spacial score (nSPS) is 18.7. The van der Waals surface area contributed by atoms with Crippen molar-refractivity contribution in [1.29, 1.82) is 0 Å². The van der Waals surface area contributed by atoms with Crippen LogP contribution in [0.3, 0.4) is 0 Å². The second-order valence-electron chi connectivity index (χ2n) is 6.14. The lowest BCUT2D eigenvalue weighted by molar-refractivity contribution is 0.635. The highest BCUT2D eigenvalue weighted by atomic mass is 35.5. The maximum atomic E-state index is 6.14. The highest BCUT2D eigenvalue weighted by molar-refractivity contribution is 8.00. The predicted octanol–water partition coefficient (Wildman–Crippen LogP) is 4.70. The van der Waals surface area contributed by atoms with Gasteiger partial charge in [-0.2, -0.15) is 11.8 Å². The average Bonchev–Trinajstić information content (AvgIpc) is 2.67. The predicted molar refractivity (Wildman–Crippen MR) is 94.7 cm³/mol. The fourth-order valence-electron chi connectivity index (χ4n) is 2.75. The van der Waals surface area contributed by atoms with Gasteiger partial charge in [-0.15, -0.1) is 11.6 Å². The largest absolute Gasteiger partial charge is 0.356 e.